The highest BCUT2D eigenvalue weighted by atomic mass is 19.2. The average Bonchev–Trinajstić information content (AvgIpc) is 2.77. The predicted octanol–water partition coefficient (Wildman–Crippen LogP) is 8.64. The molecule has 0 nitrogen and oxygen atoms in total. The van der Waals surface area contributed by atoms with Gasteiger partial charge >= 0.3 is 0 Å². The van der Waals surface area contributed by atoms with Crippen LogP contribution in [-0.2, 0) is 0 Å². The van der Waals surface area contributed by atoms with Crippen molar-refractivity contribution < 1.29 is 8.78 Å². The Morgan fingerprint density at radius 3 is 2.24 bits per heavy atom. The molecule has 0 aliphatic heterocycles. The van der Waals surface area contributed by atoms with Crippen LogP contribution in [0.15, 0.2) is 54.6 Å². The van der Waals surface area contributed by atoms with Crippen LogP contribution in [-0.4, -0.2) is 0 Å². The molecule has 1 saturated carbocycles. The van der Waals surface area contributed by atoms with Crippen molar-refractivity contribution in [3.8, 4) is 11.1 Å². The molecule has 1 aliphatic carbocycles. The number of hydrogen-bond acceptors (Lipinski definition) is 0. The molecule has 0 atom stereocenters. The first-order valence-corrected chi connectivity index (χ1v) is 11.1. The second-order valence-corrected chi connectivity index (χ2v) is 8.63. The van der Waals surface area contributed by atoms with Gasteiger partial charge in [0.2, 0.25) is 0 Å². The third-order valence-corrected chi connectivity index (χ3v) is 6.69. The molecule has 3 aromatic carbocycles. The third kappa shape index (κ3) is 4.52. The third-order valence-electron chi connectivity index (χ3n) is 6.69. The smallest absolute Gasteiger partial charge is 0.166 e. The summed E-state index contributed by atoms with van der Waals surface area (Å²) in [5.74, 6) is 0.0458. The Morgan fingerprint density at radius 1 is 0.793 bits per heavy atom. The van der Waals surface area contributed by atoms with Gasteiger partial charge in [0.1, 0.15) is 0 Å². The van der Waals surface area contributed by atoms with Crippen LogP contribution in [0.4, 0.5) is 8.78 Å². The highest BCUT2D eigenvalue weighted by molar-refractivity contribution is 5.87. The minimum atomic E-state index is -0.797. The van der Waals surface area contributed by atoms with E-state index in [1.807, 2.05) is 12.1 Å². The fraction of sp³-hybridized carbons (Fsp3) is 0.407. The molecular formula is C27H30F2. The van der Waals surface area contributed by atoms with Gasteiger partial charge in [-0.15, -0.1) is 0 Å². The van der Waals surface area contributed by atoms with Crippen LogP contribution in [0.3, 0.4) is 0 Å². The Bertz CT molecular complexity index is 950. The molecule has 0 aromatic heterocycles. The van der Waals surface area contributed by atoms with Gasteiger partial charge < -0.3 is 0 Å². The van der Waals surface area contributed by atoms with Gasteiger partial charge in [0, 0.05) is 5.39 Å². The molecule has 0 heterocycles. The van der Waals surface area contributed by atoms with Crippen LogP contribution < -0.4 is 0 Å². The molecule has 152 valence electrons. The first-order chi connectivity index (χ1) is 14.2. The van der Waals surface area contributed by atoms with Crippen molar-refractivity contribution in [1.82, 2.24) is 0 Å². The number of benzene rings is 3. The molecule has 2 heteroatoms. The van der Waals surface area contributed by atoms with Crippen molar-refractivity contribution in [3.63, 3.8) is 0 Å². The van der Waals surface area contributed by atoms with Crippen molar-refractivity contribution >= 4 is 10.8 Å². The zero-order valence-electron chi connectivity index (χ0n) is 17.3. The normalized spacial score (nSPS) is 19.6. The molecule has 3 aromatic rings. The molecule has 0 unspecified atom stereocenters. The lowest BCUT2D eigenvalue weighted by atomic mass is 9.77. The SMILES string of the molecule is CCCCC[C@H]1CC[C@H](c2ccc(-c3ccc4c(F)c(F)ccc4c3)cc2)CC1. The van der Waals surface area contributed by atoms with Crippen LogP contribution in [0.1, 0.15) is 69.8 Å². The Kier molecular flexibility index (Phi) is 6.28. The van der Waals surface area contributed by atoms with Gasteiger partial charge in [0.25, 0.3) is 0 Å². The number of fused-ring (bicyclic) bond motifs is 1. The molecule has 0 bridgehead atoms. The van der Waals surface area contributed by atoms with Gasteiger partial charge in [0.05, 0.1) is 0 Å². The molecule has 1 fully saturated rings. The molecule has 0 radical (unpaired) electrons. The van der Waals surface area contributed by atoms with E-state index in [9.17, 15) is 8.78 Å². The van der Waals surface area contributed by atoms with Crippen LogP contribution in [0.5, 0.6) is 0 Å². The Hall–Kier alpha value is -2.22. The summed E-state index contributed by atoms with van der Waals surface area (Å²) >= 11 is 0. The second-order valence-electron chi connectivity index (χ2n) is 8.63. The standard InChI is InChI=1S/C27H30F2/c1-2-3-4-5-19-6-8-20(9-7-19)21-10-12-22(13-11-21)23-14-16-25-24(18-23)15-17-26(28)27(25)29/h10-20H,2-9H2,1H3/t19-,20-. The summed E-state index contributed by atoms with van der Waals surface area (Å²) in [6, 6.07) is 17.2. The highest BCUT2D eigenvalue weighted by Gasteiger charge is 2.22. The van der Waals surface area contributed by atoms with Crippen LogP contribution in [0.2, 0.25) is 0 Å². The van der Waals surface area contributed by atoms with Crippen molar-refractivity contribution in [3.05, 3.63) is 71.8 Å². The Labute approximate surface area is 173 Å². The largest absolute Gasteiger partial charge is 0.204 e. The molecule has 0 saturated heterocycles. The summed E-state index contributed by atoms with van der Waals surface area (Å²) in [4.78, 5) is 0. The van der Waals surface area contributed by atoms with Crippen LogP contribution in [0.25, 0.3) is 21.9 Å². The van der Waals surface area contributed by atoms with Crippen molar-refractivity contribution in [2.24, 2.45) is 5.92 Å². The minimum Gasteiger partial charge on any atom is -0.204 e. The van der Waals surface area contributed by atoms with E-state index in [0.29, 0.717) is 11.3 Å². The highest BCUT2D eigenvalue weighted by Crippen LogP contribution is 2.38. The molecule has 0 N–H and O–H groups in total. The zero-order chi connectivity index (χ0) is 20.2. The molecular weight excluding hydrogens is 362 g/mol. The Balaban J connectivity index is 1.43. The number of rotatable bonds is 6. The zero-order valence-corrected chi connectivity index (χ0v) is 17.3. The summed E-state index contributed by atoms with van der Waals surface area (Å²) in [5, 5.41) is 1.06. The average molecular weight is 393 g/mol. The van der Waals surface area contributed by atoms with Crippen molar-refractivity contribution in [1.29, 1.82) is 0 Å². The number of halogens is 2. The molecule has 29 heavy (non-hydrogen) atoms. The lowest BCUT2D eigenvalue weighted by molar-refractivity contribution is 0.303. The number of unbranched alkanes of at least 4 members (excludes halogenated alkanes) is 2. The first-order valence-electron chi connectivity index (χ1n) is 11.1. The van der Waals surface area contributed by atoms with Gasteiger partial charge in [0.15, 0.2) is 11.6 Å². The van der Waals surface area contributed by atoms with E-state index in [1.165, 1.54) is 63.0 Å². The maximum Gasteiger partial charge on any atom is 0.166 e. The van der Waals surface area contributed by atoms with E-state index in [-0.39, 0.29) is 0 Å². The lowest BCUT2D eigenvalue weighted by Gasteiger charge is -2.29. The van der Waals surface area contributed by atoms with Crippen molar-refractivity contribution in [2.75, 3.05) is 0 Å². The maximum absolute atomic E-state index is 13.9. The van der Waals surface area contributed by atoms with Crippen LogP contribution >= 0.6 is 0 Å². The van der Waals surface area contributed by atoms with E-state index in [1.54, 1.807) is 12.1 Å². The van der Waals surface area contributed by atoms with E-state index in [2.05, 4.69) is 31.2 Å². The Morgan fingerprint density at radius 2 is 1.52 bits per heavy atom. The van der Waals surface area contributed by atoms with Gasteiger partial charge in [-0.3, -0.25) is 0 Å². The molecule has 0 amide bonds. The van der Waals surface area contributed by atoms with Gasteiger partial charge in [-0.05, 0) is 71.7 Å². The summed E-state index contributed by atoms with van der Waals surface area (Å²) < 4.78 is 27.4. The van der Waals surface area contributed by atoms with E-state index in [0.717, 1.165) is 22.4 Å². The lowest BCUT2D eigenvalue weighted by Crippen LogP contribution is -2.13. The van der Waals surface area contributed by atoms with Gasteiger partial charge in [-0.2, -0.15) is 0 Å². The summed E-state index contributed by atoms with van der Waals surface area (Å²) in [7, 11) is 0. The van der Waals surface area contributed by atoms with Gasteiger partial charge in [-0.1, -0.05) is 75.1 Å². The summed E-state index contributed by atoms with van der Waals surface area (Å²) in [6.07, 6.45) is 10.8. The molecule has 0 spiro atoms. The molecule has 4 rings (SSSR count). The second kappa shape index (κ2) is 9.07. The summed E-state index contributed by atoms with van der Waals surface area (Å²) in [5.41, 5.74) is 3.60. The van der Waals surface area contributed by atoms with Crippen LogP contribution in [0, 0.1) is 17.6 Å². The fourth-order valence-electron chi connectivity index (χ4n) is 4.86. The van der Waals surface area contributed by atoms with Gasteiger partial charge in [-0.25, -0.2) is 8.78 Å². The van der Waals surface area contributed by atoms with E-state index < -0.39 is 11.6 Å². The fourth-order valence-corrected chi connectivity index (χ4v) is 4.86. The number of hydrogen-bond donors (Lipinski definition) is 0. The maximum atomic E-state index is 13.9. The minimum absolute atomic E-state index is 0.334. The first kappa shape index (κ1) is 20.1. The van der Waals surface area contributed by atoms with E-state index >= 15 is 0 Å². The quantitative estimate of drug-likeness (QED) is 0.368. The summed E-state index contributed by atoms with van der Waals surface area (Å²) in [6.45, 7) is 2.27. The van der Waals surface area contributed by atoms with Crippen molar-refractivity contribution in [2.45, 2.75) is 64.2 Å². The molecule has 1 aliphatic rings. The predicted molar refractivity (Wildman–Crippen MR) is 118 cm³/mol. The van der Waals surface area contributed by atoms with E-state index in [4.69, 9.17) is 0 Å². The topological polar surface area (TPSA) is 0 Å². The monoisotopic (exact) mass is 392 g/mol.